The summed E-state index contributed by atoms with van der Waals surface area (Å²) in [5.74, 6) is 6.40. The number of aryl methyl sites for hydroxylation is 1. The lowest BCUT2D eigenvalue weighted by Crippen LogP contribution is -2.31. The molecule has 0 fully saturated rings. The van der Waals surface area contributed by atoms with Crippen molar-refractivity contribution in [1.82, 2.24) is 20.4 Å². The Bertz CT molecular complexity index is 516. The molecule has 0 radical (unpaired) electrons. The molecule has 0 saturated heterocycles. The summed E-state index contributed by atoms with van der Waals surface area (Å²) in [5, 5.41) is 7.77. The van der Waals surface area contributed by atoms with Gasteiger partial charge in [-0.05, 0) is 18.2 Å². The molecule has 3 N–H and O–H groups in total. The Balaban J connectivity index is 2.02. The zero-order chi connectivity index (χ0) is 13.0. The minimum Gasteiger partial charge on any atom is -0.271 e. The molecule has 0 aliphatic rings. The fraction of sp³-hybridized carbons (Fsp3) is 0.273. The van der Waals surface area contributed by atoms with Crippen LogP contribution in [-0.2, 0) is 7.05 Å². The maximum Gasteiger partial charge on any atom is 0.0775 e. The van der Waals surface area contributed by atoms with Gasteiger partial charge in [0.25, 0.3) is 0 Å². The van der Waals surface area contributed by atoms with Crippen molar-refractivity contribution in [3.05, 3.63) is 40.6 Å². The Labute approximate surface area is 118 Å². The quantitative estimate of drug-likeness (QED) is 0.498. The number of thioether (sulfide) groups is 1. The third kappa shape index (κ3) is 3.32. The highest BCUT2D eigenvalue weighted by Gasteiger charge is 2.14. The molecule has 18 heavy (non-hydrogen) atoms. The van der Waals surface area contributed by atoms with Crippen molar-refractivity contribution in [1.29, 1.82) is 0 Å². The normalized spacial score (nSPS) is 12.6. The topological polar surface area (TPSA) is 68.8 Å². The minimum absolute atomic E-state index is 0.0222. The lowest BCUT2D eigenvalue weighted by atomic mass is 10.3. The predicted molar refractivity (Wildman–Crippen MR) is 75.9 cm³/mol. The standard InChI is InChI=1S/C11H14BrN5S/c1-17-11(6-14-16-17)10(15-13)7-18-9-4-2-3-8(12)5-9/h2-6,10,15H,7,13H2,1H3. The van der Waals surface area contributed by atoms with Crippen LogP contribution in [0, 0.1) is 0 Å². The second kappa shape index (κ2) is 6.33. The van der Waals surface area contributed by atoms with Crippen LogP contribution in [0.1, 0.15) is 11.7 Å². The molecule has 1 unspecified atom stereocenters. The van der Waals surface area contributed by atoms with Gasteiger partial charge in [-0.1, -0.05) is 27.2 Å². The second-order valence-electron chi connectivity index (χ2n) is 3.77. The number of hydrazine groups is 1. The molecule has 5 nitrogen and oxygen atoms in total. The third-order valence-corrected chi connectivity index (χ3v) is 4.10. The highest BCUT2D eigenvalue weighted by atomic mass is 79.9. The second-order valence-corrected chi connectivity index (χ2v) is 5.78. The maximum atomic E-state index is 5.59. The third-order valence-electron chi connectivity index (χ3n) is 2.52. The van der Waals surface area contributed by atoms with Crippen LogP contribution in [0.2, 0.25) is 0 Å². The van der Waals surface area contributed by atoms with Crippen molar-refractivity contribution in [2.24, 2.45) is 12.9 Å². The highest BCUT2D eigenvalue weighted by Crippen LogP contribution is 2.25. The van der Waals surface area contributed by atoms with E-state index in [4.69, 9.17) is 5.84 Å². The number of aromatic nitrogens is 3. The van der Waals surface area contributed by atoms with Gasteiger partial charge in [0.1, 0.15) is 0 Å². The first kappa shape index (κ1) is 13.5. The van der Waals surface area contributed by atoms with Crippen LogP contribution in [-0.4, -0.2) is 20.7 Å². The van der Waals surface area contributed by atoms with Crippen molar-refractivity contribution < 1.29 is 0 Å². The van der Waals surface area contributed by atoms with Gasteiger partial charge in [-0.2, -0.15) is 0 Å². The molecule has 2 aromatic rings. The molecule has 2 rings (SSSR count). The maximum absolute atomic E-state index is 5.59. The lowest BCUT2D eigenvalue weighted by molar-refractivity contribution is 0.551. The molecule has 7 heteroatoms. The van der Waals surface area contributed by atoms with Gasteiger partial charge in [-0.25, -0.2) is 0 Å². The summed E-state index contributed by atoms with van der Waals surface area (Å²) in [6, 6.07) is 8.20. The van der Waals surface area contributed by atoms with Crippen molar-refractivity contribution in [2.75, 3.05) is 5.75 Å². The van der Waals surface area contributed by atoms with Gasteiger partial charge in [0, 0.05) is 22.2 Å². The molecule has 1 aromatic carbocycles. The largest absolute Gasteiger partial charge is 0.271 e. The van der Waals surface area contributed by atoms with Crippen LogP contribution in [0.5, 0.6) is 0 Å². The van der Waals surface area contributed by atoms with E-state index < -0.39 is 0 Å². The Hall–Kier alpha value is -0.890. The van der Waals surface area contributed by atoms with Crippen LogP contribution < -0.4 is 11.3 Å². The van der Waals surface area contributed by atoms with Gasteiger partial charge in [0.05, 0.1) is 17.9 Å². The molecular formula is C11H14BrN5S. The lowest BCUT2D eigenvalue weighted by Gasteiger charge is -2.15. The SMILES string of the molecule is Cn1nncc1C(CSc1cccc(Br)c1)NN. The van der Waals surface area contributed by atoms with Crippen molar-refractivity contribution in [2.45, 2.75) is 10.9 Å². The average molecular weight is 328 g/mol. The molecule has 1 aromatic heterocycles. The molecular weight excluding hydrogens is 314 g/mol. The first-order valence-electron chi connectivity index (χ1n) is 5.40. The summed E-state index contributed by atoms with van der Waals surface area (Å²) >= 11 is 5.19. The van der Waals surface area contributed by atoms with E-state index in [2.05, 4.69) is 43.8 Å². The van der Waals surface area contributed by atoms with Crippen LogP contribution in [0.15, 0.2) is 39.8 Å². The first-order valence-corrected chi connectivity index (χ1v) is 7.17. The van der Waals surface area contributed by atoms with Crippen molar-refractivity contribution in [3.63, 3.8) is 0 Å². The van der Waals surface area contributed by atoms with E-state index in [1.54, 1.807) is 22.6 Å². The van der Waals surface area contributed by atoms with Crippen LogP contribution in [0.4, 0.5) is 0 Å². The van der Waals surface area contributed by atoms with Gasteiger partial charge >= 0.3 is 0 Å². The van der Waals surface area contributed by atoms with Crippen molar-refractivity contribution in [3.8, 4) is 0 Å². The number of rotatable bonds is 5. The highest BCUT2D eigenvalue weighted by molar-refractivity contribution is 9.10. The summed E-state index contributed by atoms with van der Waals surface area (Å²) in [6.45, 7) is 0. The van der Waals surface area contributed by atoms with Gasteiger partial charge in [-0.15, -0.1) is 16.9 Å². The van der Waals surface area contributed by atoms with Crippen molar-refractivity contribution >= 4 is 27.7 Å². The van der Waals surface area contributed by atoms with Crippen LogP contribution in [0.3, 0.4) is 0 Å². The molecule has 0 bridgehead atoms. The molecule has 0 saturated carbocycles. The molecule has 0 spiro atoms. The monoisotopic (exact) mass is 327 g/mol. The number of nitrogens with one attached hydrogen (secondary N) is 1. The first-order chi connectivity index (χ1) is 8.70. The number of hydrogen-bond acceptors (Lipinski definition) is 5. The van der Waals surface area contributed by atoms with Gasteiger partial charge in [0.15, 0.2) is 0 Å². The molecule has 1 atom stereocenters. The van der Waals surface area contributed by atoms with E-state index in [1.807, 2.05) is 19.2 Å². The number of benzene rings is 1. The summed E-state index contributed by atoms with van der Waals surface area (Å²) in [5.41, 5.74) is 3.77. The summed E-state index contributed by atoms with van der Waals surface area (Å²) in [7, 11) is 1.86. The van der Waals surface area contributed by atoms with E-state index in [1.165, 1.54) is 4.90 Å². The zero-order valence-corrected chi connectivity index (χ0v) is 12.3. The molecule has 96 valence electrons. The minimum atomic E-state index is 0.0222. The number of hydrogen-bond donors (Lipinski definition) is 2. The number of nitrogens with zero attached hydrogens (tertiary/aromatic N) is 3. The van der Waals surface area contributed by atoms with E-state index >= 15 is 0 Å². The Morgan fingerprint density at radius 2 is 2.39 bits per heavy atom. The predicted octanol–water partition coefficient (Wildman–Crippen LogP) is 1.87. The van der Waals surface area contributed by atoms with Gasteiger partial charge in [0.2, 0.25) is 0 Å². The average Bonchev–Trinajstić information content (AvgIpc) is 2.77. The van der Waals surface area contributed by atoms with E-state index in [0.29, 0.717) is 0 Å². The Morgan fingerprint density at radius 3 is 3.00 bits per heavy atom. The number of nitrogens with two attached hydrogens (primary N) is 1. The van der Waals surface area contributed by atoms with Crippen LogP contribution in [0.25, 0.3) is 0 Å². The Morgan fingerprint density at radius 1 is 1.56 bits per heavy atom. The van der Waals surface area contributed by atoms with Crippen LogP contribution >= 0.6 is 27.7 Å². The van der Waals surface area contributed by atoms with Gasteiger partial charge in [-0.3, -0.25) is 16.0 Å². The molecule has 0 aliphatic carbocycles. The van der Waals surface area contributed by atoms with E-state index in [0.717, 1.165) is 15.9 Å². The van der Waals surface area contributed by atoms with E-state index in [-0.39, 0.29) is 6.04 Å². The van der Waals surface area contributed by atoms with Gasteiger partial charge < -0.3 is 0 Å². The fourth-order valence-electron chi connectivity index (χ4n) is 1.57. The summed E-state index contributed by atoms with van der Waals surface area (Å²) < 4.78 is 2.80. The summed E-state index contributed by atoms with van der Waals surface area (Å²) in [6.07, 6.45) is 1.73. The number of halogens is 1. The molecule has 0 aliphatic heterocycles. The smallest absolute Gasteiger partial charge is 0.0775 e. The summed E-state index contributed by atoms with van der Waals surface area (Å²) in [4.78, 5) is 1.19. The zero-order valence-electron chi connectivity index (χ0n) is 9.88. The molecule has 1 heterocycles. The van der Waals surface area contributed by atoms with E-state index in [9.17, 15) is 0 Å². The fourth-order valence-corrected chi connectivity index (χ4v) is 3.13. The Kier molecular flexibility index (Phi) is 4.76. The molecule has 0 amide bonds.